The zero-order valence-electron chi connectivity index (χ0n) is 3.72. The van der Waals surface area contributed by atoms with Crippen LogP contribution in [0.4, 0.5) is 0 Å². The van der Waals surface area contributed by atoms with Crippen LogP contribution in [-0.2, 0) is 4.84 Å². The fourth-order valence-electron chi connectivity index (χ4n) is 0.402. The predicted molar refractivity (Wildman–Crippen MR) is 22.5 cm³/mol. The summed E-state index contributed by atoms with van der Waals surface area (Å²) in [4.78, 5) is 4.55. The van der Waals surface area contributed by atoms with Crippen molar-refractivity contribution in [3.05, 3.63) is 6.61 Å². The van der Waals surface area contributed by atoms with Gasteiger partial charge < -0.3 is 0 Å². The van der Waals surface area contributed by atoms with Gasteiger partial charge in [-0.2, -0.15) is 10.7 Å². The molecule has 0 amide bonds. The van der Waals surface area contributed by atoms with Gasteiger partial charge in [0.05, 0.1) is 6.07 Å². The average molecular weight is 97.1 g/mol. The number of hydroxylamine groups is 1. The summed E-state index contributed by atoms with van der Waals surface area (Å²) in [6.45, 7) is 1.58. The number of hydrogen-bond donors (Lipinski definition) is 1. The highest BCUT2D eigenvalue weighted by molar-refractivity contribution is 4.92. The van der Waals surface area contributed by atoms with Crippen LogP contribution < -0.4 is 5.48 Å². The lowest BCUT2D eigenvalue weighted by Crippen LogP contribution is -2.16. The van der Waals surface area contributed by atoms with Crippen LogP contribution in [0.3, 0.4) is 0 Å². The van der Waals surface area contributed by atoms with Crippen LogP contribution in [-0.4, -0.2) is 6.04 Å². The lowest BCUT2D eigenvalue weighted by atomic mass is 10.3. The first-order chi connectivity index (χ1) is 3.43. The quantitative estimate of drug-likeness (QED) is 0.461. The van der Waals surface area contributed by atoms with E-state index in [9.17, 15) is 0 Å². The molecule has 0 aliphatic carbocycles. The van der Waals surface area contributed by atoms with E-state index in [-0.39, 0.29) is 6.04 Å². The Bertz CT molecular complexity index is 90.4. The van der Waals surface area contributed by atoms with Gasteiger partial charge in [-0.1, -0.05) is 0 Å². The molecule has 1 aliphatic heterocycles. The summed E-state index contributed by atoms with van der Waals surface area (Å²) >= 11 is 0. The summed E-state index contributed by atoms with van der Waals surface area (Å²) in [5.41, 5.74) is 2.49. The SMILES string of the molecule is N#CC1C[CH]ON1. The fraction of sp³-hybridized carbons (Fsp3) is 0.500. The van der Waals surface area contributed by atoms with Gasteiger partial charge in [-0.15, -0.1) is 0 Å². The molecular formula is C4H5N2O. The minimum absolute atomic E-state index is 0.125. The van der Waals surface area contributed by atoms with Crippen LogP contribution in [0.2, 0.25) is 0 Å². The van der Waals surface area contributed by atoms with Gasteiger partial charge in [0.2, 0.25) is 0 Å². The van der Waals surface area contributed by atoms with Crippen molar-refractivity contribution in [1.82, 2.24) is 5.48 Å². The highest BCUT2D eigenvalue weighted by Crippen LogP contribution is 2.01. The maximum absolute atomic E-state index is 8.15. The molecule has 1 saturated heterocycles. The first-order valence-corrected chi connectivity index (χ1v) is 2.06. The Morgan fingerprint density at radius 3 is 3.14 bits per heavy atom. The van der Waals surface area contributed by atoms with Crippen molar-refractivity contribution in [2.75, 3.05) is 0 Å². The van der Waals surface area contributed by atoms with Crippen molar-refractivity contribution in [1.29, 1.82) is 5.26 Å². The maximum Gasteiger partial charge on any atom is 0.121 e. The van der Waals surface area contributed by atoms with E-state index in [1.165, 1.54) is 0 Å². The number of rotatable bonds is 0. The van der Waals surface area contributed by atoms with Gasteiger partial charge in [0.25, 0.3) is 0 Å². The van der Waals surface area contributed by atoms with Gasteiger partial charge in [0.15, 0.2) is 0 Å². The lowest BCUT2D eigenvalue weighted by molar-refractivity contribution is 0.138. The zero-order chi connectivity index (χ0) is 5.11. The molecule has 0 aromatic heterocycles. The van der Waals surface area contributed by atoms with E-state index in [4.69, 9.17) is 5.26 Å². The average Bonchev–Trinajstić information content (AvgIpc) is 2.14. The minimum atomic E-state index is -0.125. The Kier molecular flexibility index (Phi) is 1.25. The number of nitriles is 1. The Morgan fingerprint density at radius 1 is 2.00 bits per heavy atom. The highest BCUT2D eigenvalue weighted by Gasteiger charge is 2.12. The van der Waals surface area contributed by atoms with E-state index in [1.807, 2.05) is 6.07 Å². The molecule has 3 heteroatoms. The second-order valence-electron chi connectivity index (χ2n) is 1.32. The van der Waals surface area contributed by atoms with Gasteiger partial charge >= 0.3 is 0 Å². The van der Waals surface area contributed by atoms with Crippen molar-refractivity contribution < 1.29 is 4.84 Å². The third-order valence-electron chi connectivity index (χ3n) is 0.781. The largest absolute Gasteiger partial charge is 0.294 e. The van der Waals surface area contributed by atoms with E-state index in [2.05, 4.69) is 10.3 Å². The van der Waals surface area contributed by atoms with Crippen molar-refractivity contribution in [2.45, 2.75) is 12.5 Å². The summed E-state index contributed by atoms with van der Waals surface area (Å²) in [5.74, 6) is 0. The Balaban J connectivity index is 2.31. The summed E-state index contributed by atoms with van der Waals surface area (Å²) in [6.07, 6.45) is 0.691. The molecule has 1 heterocycles. The molecule has 37 valence electrons. The summed E-state index contributed by atoms with van der Waals surface area (Å²) < 4.78 is 0. The standard InChI is InChI=1S/C4H5N2O/c5-3-4-1-2-7-6-4/h2,4,6H,1H2. The van der Waals surface area contributed by atoms with Crippen molar-refractivity contribution in [3.63, 3.8) is 0 Å². The van der Waals surface area contributed by atoms with Gasteiger partial charge in [-0.25, -0.2) is 0 Å². The van der Waals surface area contributed by atoms with Crippen molar-refractivity contribution in [2.24, 2.45) is 0 Å². The minimum Gasteiger partial charge on any atom is -0.294 e. The summed E-state index contributed by atoms with van der Waals surface area (Å²) in [6, 6.07) is 1.87. The van der Waals surface area contributed by atoms with Crippen LogP contribution in [0.15, 0.2) is 0 Å². The Morgan fingerprint density at radius 2 is 2.86 bits per heavy atom. The molecule has 0 spiro atoms. The highest BCUT2D eigenvalue weighted by atomic mass is 16.7. The molecule has 1 N–H and O–H groups in total. The first-order valence-electron chi connectivity index (χ1n) is 2.06. The molecule has 1 atom stereocenters. The molecular weight excluding hydrogens is 92.1 g/mol. The van der Waals surface area contributed by atoms with Gasteiger partial charge in [-0.3, -0.25) is 4.84 Å². The first kappa shape index (κ1) is 4.57. The molecule has 0 aromatic carbocycles. The van der Waals surface area contributed by atoms with Crippen LogP contribution in [0.1, 0.15) is 6.42 Å². The van der Waals surface area contributed by atoms with Crippen LogP contribution in [0.5, 0.6) is 0 Å². The van der Waals surface area contributed by atoms with Gasteiger partial charge in [0.1, 0.15) is 12.6 Å². The van der Waals surface area contributed by atoms with Gasteiger partial charge in [0, 0.05) is 6.42 Å². The van der Waals surface area contributed by atoms with Crippen LogP contribution in [0.25, 0.3) is 0 Å². The van der Waals surface area contributed by atoms with E-state index >= 15 is 0 Å². The fourth-order valence-corrected chi connectivity index (χ4v) is 0.402. The summed E-state index contributed by atoms with van der Waals surface area (Å²) in [7, 11) is 0. The molecule has 1 unspecified atom stereocenters. The number of nitrogens with one attached hydrogen (secondary N) is 1. The predicted octanol–water partition coefficient (Wildman–Crippen LogP) is -0.0347. The maximum atomic E-state index is 8.15. The molecule has 7 heavy (non-hydrogen) atoms. The van der Waals surface area contributed by atoms with E-state index in [0.29, 0.717) is 6.42 Å². The molecule has 1 rings (SSSR count). The smallest absolute Gasteiger partial charge is 0.121 e. The van der Waals surface area contributed by atoms with E-state index < -0.39 is 0 Å². The molecule has 1 radical (unpaired) electrons. The van der Waals surface area contributed by atoms with E-state index in [0.717, 1.165) is 0 Å². The monoisotopic (exact) mass is 97.0 g/mol. The topological polar surface area (TPSA) is 45.0 Å². The molecule has 1 aliphatic rings. The third kappa shape index (κ3) is 0.889. The van der Waals surface area contributed by atoms with Crippen LogP contribution >= 0.6 is 0 Å². The van der Waals surface area contributed by atoms with Crippen molar-refractivity contribution in [3.8, 4) is 6.07 Å². The third-order valence-corrected chi connectivity index (χ3v) is 0.781. The van der Waals surface area contributed by atoms with Crippen molar-refractivity contribution >= 4 is 0 Å². The second kappa shape index (κ2) is 1.92. The Labute approximate surface area is 41.8 Å². The zero-order valence-corrected chi connectivity index (χ0v) is 3.72. The summed E-state index contributed by atoms with van der Waals surface area (Å²) in [5, 5.41) is 8.15. The van der Waals surface area contributed by atoms with Crippen LogP contribution in [0, 0.1) is 17.9 Å². The Hall–Kier alpha value is -0.590. The number of nitrogens with zero attached hydrogens (tertiary/aromatic N) is 1. The molecule has 0 aromatic rings. The molecule has 1 fully saturated rings. The lowest BCUT2D eigenvalue weighted by Gasteiger charge is -1.89. The van der Waals surface area contributed by atoms with E-state index in [1.54, 1.807) is 6.61 Å². The molecule has 0 bridgehead atoms. The van der Waals surface area contributed by atoms with Gasteiger partial charge in [-0.05, 0) is 0 Å². The molecule has 0 saturated carbocycles. The normalized spacial score (nSPS) is 29.9. The second-order valence-corrected chi connectivity index (χ2v) is 1.32. The number of hydrogen-bond acceptors (Lipinski definition) is 3. The molecule has 3 nitrogen and oxygen atoms in total.